The number of carbonyl (C=O) groups is 3. The maximum absolute atomic E-state index is 12.7. The largest absolute Gasteiger partial charge is 0.458 e. The molecule has 0 saturated heterocycles. The van der Waals surface area contributed by atoms with Crippen molar-refractivity contribution in [2.24, 2.45) is 51.4 Å². The summed E-state index contributed by atoms with van der Waals surface area (Å²) in [5.74, 6) is -0.731. The molecule has 0 bridgehead atoms. The normalized spacial score (nSPS) is 35.9. The van der Waals surface area contributed by atoms with Crippen molar-refractivity contribution in [1.82, 2.24) is 0 Å². The average Bonchev–Trinajstić information content (AvgIpc) is 3.32. The molecule has 0 spiro atoms. The van der Waals surface area contributed by atoms with Gasteiger partial charge in [0.05, 0.1) is 13.1 Å². The predicted molar refractivity (Wildman–Crippen MR) is 172 cm³/mol. The summed E-state index contributed by atoms with van der Waals surface area (Å²) in [6.07, 6.45) is 3.53. The van der Waals surface area contributed by atoms with Gasteiger partial charge in [-0.2, -0.15) is 0 Å². The number of nitrogens with two attached hydrogens (primary N) is 2. The minimum atomic E-state index is -1.05. The van der Waals surface area contributed by atoms with Gasteiger partial charge >= 0.3 is 17.9 Å². The van der Waals surface area contributed by atoms with Crippen LogP contribution in [0.3, 0.4) is 0 Å². The SMILES string of the molecule is C=C(CC[C@@H](C)[C@H]1CC=C2C3=C([C@@H](O)[C@H](OC(C)=O)C21C)C1(C)C[C@@H](OC(=O)CN)[C@H](OC(=O)CN)C(C)(C)C1CC3)C(C)C. The number of hydrogen-bond acceptors (Lipinski definition) is 9. The van der Waals surface area contributed by atoms with Gasteiger partial charge in [-0.1, -0.05) is 66.7 Å². The highest BCUT2D eigenvalue weighted by atomic mass is 16.6. The lowest BCUT2D eigenvalue weighted by Gasteiger charge is -2.62. The van der Waals surface area contributed by atoms with E-state index in [1.54, 1.807) is 0 Å². The fraction of sp³-hybridized carbons (Fsp3) is 0.750. The van der Waals surface area contributed by atoms with Crippen LogP contribution < -0.4 is 11.5 Å². The summed E-state index contributed by atoms with van der Waals surface area (Å²) in [6.45, 7) is 20.0. The van der Waals surface area contributed by atoms with Gasteiger partial charge in [-0.25, -0.2) is 0 Å². The molecule has 0 aromatic carbocycles. The van der Waals surface area contributed by atoms with Crippen molar-refractivity contribution in [3.63, 3.8) is 0 Å². The standard InChI is InChI=1S/C36H56N2O7/c1-19(2)20(3)10-11-21(4)24-13-14-25-23-12-15-27-34(6,7)32(45-29(41)18-38)26(44-28(40)17-37)16-35(27,8)30(23)31(42)33(36(24,25)9)43-22(5)39/h14,19,21,24,26-27,31-33,42H,3,10-13,15-18,37-38H2,1-2,4-9H3/t21-,24-,26-,27?,31-,32+,33+,35?,36?/m1/s1. The molecule has 1 saturated carbocycles. The molecule has 0 aromatic rings. The molecule has 0 radical (unpaired) electrons. The fourth-order valence-corrected chi connectivity index (χ4v) is 9.75. The molecule has 4 aliphatic carbocycles. The molecule has 1 fully saturated rings. The Hall–Kier alpha value is -2.49. The molecule has 0 aliphatic heterocycles. The van der Waals surface area contributed by atoms with Crippen LogP contribution >= 0.6 is 0 Å². The van der Waals surface area contributed by atoms with Gasteiger partial charge in [-0.05, 0) is 84.3 Å². The zero-order valence-corrected chi connectivity index (χ0v) is 28.6. The minimum absolute atomic E-state index is 0.0390. The van der Waals surface area contributed by atoms with E-state index in [2.05, 4.69) is 47.3 Å². The molecule has 9 atom stereocenters. The average molecular weight is 629 g/mol. The Morgan fingerprint density at radius 1 is 1.02 bits per heavy atom. The summed E-state index contributed by atoms with van der Waals surface area (Å²) in [5, 5.41) is 12.4. The van der Waals surface area contributed by atoms with Gasteiger partial charge in [-0.3, -0.25) is 14.4 Å². The minimum Gasteiger partial charge on any atom is -0.458 e. The Morgan fingerprint density at radius 3 is 2.22 bits per heavy atom. The molecule has 0 amide bonds. The lowest BCUT2D eigenvalue weighted by atomic mass is 9.45. The van der Waals surface area contributed by atoms with Gasteiger partial charge in [0.25, 0.3) is 0 Å². The van der Waals surface area contributed by atoms with Crippen molar-refractivity contribution in [1.29, 1.82) is 0 Å². The second kappa shape index (κ2) is 13.0. The van der Waals surface area contributed by atoms with E-state index >= 15 is 0 Å². The van der Waals surface area contributed by atoms with Gasteiger partial charge in [-0.15, -0.1) is 0 Å². The Kier molecular flexibility index (Phi) is 10.2. The third-order valence-electron chi connectivity index (χ3n) is 12.0. The zero-order valence-electron chi connectivity index (χ0n) is 28.6. The fourth-order valence-electron chi connectivity index (χ4n) is 9.75. The summed E-state index contributed by atoms with van der Waals surface area (Å²) in [6, 6.07) is 0. The predicted octanol–water partition coefficient (Wildman–Crippen LogP) is 4.76. The van der Waals surface area contributed by atoms with Gasteiger partial charge in [0, 0.05) is 17.8 Å². The summed E-state index contributed by atoms with van der Waals surface area (Å²) in [7, 11) is 0. The maximum Gasteiger partial charge on any atom is 0.320 e. The van der Waals surface area contributed by atoms with Crippen LogP contribution in [0.5, 0.6) is 0 Å². The van der Waals surface area contributed by atoms with Crippen LogP contribution in [-0.4, -0.2) is 60.5 Å². The summed E-state index contributed by atoms with van der Waals surface area (Å²) in [5.41, 5.74) is 13.8. The number of esters is 3. The number of allylic oxidation sites excluding steroid dienone is 3. The number of rotatable bonds is 10. The Bertz CT molecular complexity index is 1270. The first-order valence-electron chi connectivity index (χ1n) is 16.7. The molecule has 0 heterocycles. The highest BCUT2D eigenvalue weighted by Gasteiger charge is 2.66. The van der Waals surface area contributed by atoms with Crippen molar-refractivity contribution in [2.75, 3.05) is 13.1 Å². The van der Waals surface area contributed by atoms with E-state index in [-0.39, 0.29) is 24.9 Å². The number of carbonyl (C=O) groups excluding carboxylic acids is 3. The first-order chi connectivity index (χ1) is 20.9. The molecule has 4 rings (SSSR count). The second-order valence-electron chi connectivity index (χ2n) is 15.3. The third kappa shape index (κ3) is 6.05. The van der Waals surface area contributed by atoms with Gasteiger partial charge in [0.1, 0.15) is 24.4 Å². The van der Waals surface area contributed by atoms with Crippen molar-refractivity contribution in [3.8, 4) is 0 Å². The van der Waals surface area contributed by atoms with E-state index in [0.717, 1.165) is 43.3 Å². The lowest BCUT2D eigenvalue weighted by molar-refractivity contribution is -0.208. The van der Waals surface area contributed by atoms with Crippen molar-refractivity contribution < 1.29 is 33.7 Å². The number of aliphatic hydroxyl groups excluding tert-OH is 1. The molecule has 9 nitrogen and oxygen atoms in total. The van der Waals surface area contributed by atoms with E-state index < -0.39 is 58.6 Å². The number of ether oxygens (including phenoxy) is 3. The smallest absolute Gasteiger partial charge is 0.320 e. The van der Waals surface area contributed by atoms with Crippen molar-refractivity contribution in [3.05, 3.63) is 34.9 Å². The van der Waals surface area contributed by atoms with E-state index in [1.807, 2.05) is 13.8 Å². The van der Waals surface area contributed by atoms with E-state index in [4.69, 9.17) is 25.7 Å². The Morgan fingerprint density at radius 2 is 1.64 bits per heavy atom. The topological polar surface area (TPSA) is 151 Å². The molecule has 0 aromatic heterocycles. The molecule has 9 heteroatoms. The molecule has 5 N–H and O–H groups in total. The Balaban J connectivity index is 1.81. The van der Waals surface area contributed by atoms with Crippen LogP contribution in [0.25, 0.3) is 0 Å². The van der Waals surface area contributed by atoms with Gasteiger partial charge in [0.2, 0.25) is 0 Å². The van der Waals surface area contributed by atoms with Crippen LogP contribution in [0.2, 0.25) is 0 Å². The second-order valence-corrected chi connectivity index (χ2v) is 15.3. The quantitative estimate of drug-likeness (QED) is 0.177. The monoisotopic (exact) mass is 628 g/mol. The van der Waals surface area contributed by atoms with Crippen LogP contribution in [0.1, 0.15) is 93.9 Å². The van der Waals surface area contributed by atoms with Gasteiger partial charge in [0.15, 0.2) is 0 Å². The molecule has 252 valence electrons. The molecular weight excluding hydrogens is 572 g/mol. The van der Waals surface area contributed by atoms with Gasteiger partial charge < -0.3 is 30.8 Å². The summed E-state index contributed by atoms with van der Waals surface area (Å²) < 4.78 is 17.9. The molecule has 3 unspecified atom stereocenters. The molecular formula is C36H56N2O7. The van der Waals surface area contributed by atoms with Crippen LogP contribution in [-0.2, 0) is 28.6 Å². The maximum atomic E-state index is 12.7. The lowest BCUT2D eigenvalue weighted by Crippen LogP contribution is -2.64. The number of hydrogen-bond donors (Lipinski definition) is 3. The Labute approximate surface area is 269 Å². The molecule has 45 heavy (non-hydrogen) atoms. The first kappa shape index (κ1) is 35.4. The van der Waals surface area contributed by atoms with Crippen molar-refractivity contribution >= 4 is 17.9 Å². The summed E-state index contributed by atoms with van der Waals surface area (Å²) >= 11 is 0. The third-order valence-corrected chi connectivity index (χ3v) is 12.0. The van der Waals surface area contributed by atoms with E-state index in [9.17, 15) is 19.5 Å². The number of fused-ring (bicyclic) bond motifs is 4. The van der Waals surface area contributed by atoms with Crippen LogP contribution in [0.15, 0.2) is 34.9 Å². The van der Waals surface area contributed by atoms with Crippen LogP contribution in [0, 0.1) is 39.9 Å². The van der Waals surface area contributed by atoms with E-state index in [1.165, 1.54) is 18.1 Å². The number of aliphatic hydroxyl groups is 1. The van der Waals surface area contributed by atoms with Crippen LogP contribution in [0.4, 0.5) is 0 Å². The summed E-state index contributed by atoms with van der Waals surface area (Å²) in [4.78, 5) is 37.7. The highest BCUT2D eigenvalue weighted by molar-refractivity contribution is 5.73. The first-order valence-corrected chi connectivity index (χ1v) is 16.7. The zero-order chi connectivity index (χ0) is 33.6. The van der Waals surface area contributed by atoms with E-state index in [0.29, 0.717) is 18.3 Å². The highest BCUT2D eigenvalue weighted by Crippen LogP contribution is 2.67. The van der Waals surface area contributed by atoms with Crippen molar-refractivity contribution in [2.45, 2.75) is 118 Å². The molecule has 4 aliphatic rings.